The number of esters is 2. The molecule has 1 aliphatic rings. The Balaban J connectivity index is 2.32. The van der Waals surface area contributed by atoms with Gasteiger partial charge >= 0.3 is 11.9 Å². The normalized spacial score (nSPS) is 20.0. The molecule has 0 radical (unpaired) electrons. The van der Waals surface area contributed by atoms with Crippen LogP contribution in [0.3, 0.4) is 0 Å². The Morgan fingerprint density at radius 2 is 0.921 bits per heavy atom. The van der Waals surface area contributed by atoms with Crippen LogP contribution in [0.2, 0.25) is 0 Å². The van der Waals surface area contributed by atoms with Crippen LogP contribution in [-0.2, 0) is 28.5 Å². The van der Waals surface area contributed by atoms with Crippen molar-refractivity contribution < 1.29 is 49.0 Å². The topological polar surface area (TPSA) is 152 Å². The molecule has 0 amide bonds. The number of carbonyl (C=O) groups is 2. The maximum absolute atomic E-state index is 12.8. The van der Waals surface area contributed by atoms with Crippen molar-refractivity contribution in [1.29, 1.82) is 0 Å². The summed E-state index contributed by atoms with van der Waals surface area (Å²) >= 11 is 0. The van der Waals surface area contributed by atoms with Crippen molar-refractivity contribution in [2.24, 2.45) is 0 Å². The highest BCUT2D eigenvalue weighted by atomic mass is 16.7. The lowest BCUT2D eigenvalue weighted by Gasteiger charge is -2.39. The zero-order valence-electron chi connectivity index (χ0n) is 39.8. The molecule has 10 heteroatoms. The molecule has 1 aliphatic heterocycles. The van der Waals surface area contributed by atoms with Crippen molar-refractivity contribution in [2.45, 2.75) is 243 Å². The van der Waals surface area contributed by atoms with Crippen molar-refractivity contribution in [1.82, 2.24) is 0 Å². The van der Waals surface area contributed by atoms with Crippen LogP contribution < -0.4 is 0 Å². The Morgan fingerprint density at radius 3 is 1.40 bits per heavy atom. The molecule has 0 aliphatic carbocycles. The molecule has 1 fully saturated rings. The first kappa shape index (κ1) is 58.4. The second-order valence-electron chi connectivity index (χ2n) is 17.3. The van der Waals surface area contributed by atoms with Gasteiger partial charge in [0, 0.05) is 12.8 Å². The van der Waals surface area contributed by atoms with Crippen molar-refractivity contribution in [2.75, 3.05) is 19.8 Å². The second kappa shape index (κ2) is 43.3. The van der Waals surface area contributed by atoms with Gasteiger partial charge in [0.25, 0.3) is 0 Å². The van der Waals surface area contributed by atoms with E-state index in [4.69, 9.17) is 18.9 Å². The second-order valence-corrected chi connectivity index (χ2v) is 17.3. The van der Waals surface area contributed by atoms with Gasteiger partial charge in [-0.05, 0) is 51.4 Å². The summed E-state index contributed by atoms with van der Waals surface area (Å²) in [5.41, 5.74) is 0. The zero-order chi connectivity index (χ0) is 45.9. The van der Waals surface area contributed by atoms with Crippen LogP contribution in [0.15, 0.2) is 60.8 Å². The summed E-state index contributed by atoms with van der Waals surface area (Å²) in [6.45, 7) is 3.34. The third-order valence-corrected chi connectivity index (χ3v) is 11.4. The van der Waals surface area contributed by atoms with E-state index in [2.05, 4.69) is 62.5 Å². The van der Waals surface area contributed by atoms with E-state index in [1.807, 2.05) is 12.2 Å². The molecular weight excluding hydrogens is 797 g/mol. The lowest BCUT2D eigenvalue weighted by molar-refractivity contribution is -0.305. The molecule has 6 atom stereocenters. The standard InChI is InChI=1S/C53H92O10/c1-3-5-7-9-11-13-15-17-19-21-23-25-27-29-31-33-35-37-39-41-48(55)60-44-46(45-61-53-52(59)51(58)50(57)47(43-54)63-53)62-49(56)42-40-38-36-34-32-30-28-26-24-22-20-18-16-14-12-10-8-6-4-2/h12,14,18,20,24,26,30,32,36,38,46-47,50-54,57-59H,3-11,13,15-17,19,21-23,25,27-29,31,33-35,37,39-45H2,1-2H3/b14-12+,20-18+,26-24+,32-30+,38-36+/t46-,47-,50+,51?,52?,53-/m0/s1. The van der Waals surface area contributed by atoms with Gasteiger partial charge in [-0.2, -0.15) is 0 Å². The molecule has 1 saturated heterocycles. The molecule has 0 saturated carbocycles. The monoisotopic (exact) mass is 889 g/mol. The average Bonchev–Trinajstić information content (AvgIpc) is 3.28. The molecule has 0 aromatic heterocycles. The first-order chi connectivity index (χ1) is 30.8. The molecule has 0 bridgehead atoms. The van der Waals surface area contributed by atoms with Gasteiger partial charge in [0.1, 0.15) is 31.0 Å². The lowest BCUT2D eigenvalue weighted by atomic mass is 9.99. The lowest BCUT2D eigenvalue weighted by Crippen LogP contribution is -2.59. The van der Waals surface area contributed by atoms with Gasteiger partial charge in [-0.15, -0.1) is 0 Å². The highest BCUT2D eigenvalue weighted by molar-refractivity contribution is 5.70. The van der Waals surface area contributed by atoms with E-state index >= 15 is 0 Å². The van der Waals surface area contributed by atoms with E-state index in [1.165, 1.54) is 128 Å². The summed E-state index contributed by atoms with van der Waals surface area (Å²) in [6, 6.07) is 0. The molecule has 4 N–H and O–H groups in total. The van der Waals surface area contributed by atoms with Gasteiger partial charge in [0.05, 0.1) is 13.2 Å². The van der Waals surface area contributed by atoms with Crippen LogP contribution in [0.1, 0.15) is 206 Å². The minimum atomic E-state index is -1.61. The molecule has 1 heterocycles. The van der Waals surface area contributed by atoms with E-state index in [0.717, 1.165) is 44.9 Å². The number of ether oxygens (including phenoxy) is 4. The Kier molecular flexibility index (Phi) is 40.2. The Hall–Kier alpha value is -2.60. The Morgan fingerprint density at radius 1 is 0.492 bits per heavy atom. The number of carbonyl (C=O) groups excluding carboxylic acids is 2. The number of aliphatic hydroxyl groups is 4. The smallest absolute Gasteiger partial charge is 0.306 e. The third kappa shape index (κ3) is 34.4. The molecule has 0 aromatic rings. The van der Waals surface area contributed by atoms with Crippen molar-refractivity contribution >= 4 is 11.9 Å². The number of aliphatic hydroxyl groups excluding tert-OH is 4. The summed E-state index contributed by atoms with van der Waals surface area (Å²) < 4.78 is 22.1. The van der Waals surface area contributed by atoms with E-state index in [1.54, 1.807) is 0 Å². The van der Waals surface area contributed by atoms with Gasteiger partial charge in [0.15, 0.2) is 12.4 Å². The molecule has 0 aromatic carbocycles. The summed E-state index contributed by atoms with van der Waals surface area (Å²) in [5, 5.41) is 40.2. The van der Waals surface area contributed by atoms with Gasteiger partial charge in [-0.25, -0.2) is 0 Å². The molecule has 0 spiro atoms. The first-order valence-electron chi connectivity index (χ1n) is 25.4. The first-order valence-corrected chi connectivity index (χ1v) is 25.4. The summed E-state index contributed by atoms with van der Waals surface area (Å²) in [4.78, 5) is 25.4. The zero-order valence-corrected chi connectivity index (χ0v) is 39.8. The maximum Gasteiger partial charge on any atom is 0.306 e. The number of allylic oxidation sites excluding steroid dienone is 10. The summed E-state index contributed by atoms with van der Waals surface area (Å²) in [7, 11) is 0. The largest absolute Gasteiger partial charge is 0.462 e. The molecule has 63 heavy (non-hydrogen) atoms. The number of hydrogen-bond acceptors (Lipinski definition) is 10. The Labute approximate surface area is 383 Å². The van der Waals surface area contributed by atoms with E-state index in [0.29, 0.717) is 6.42 Å². The van der Waals surface area contributed by atoms with E-state index in [9.17, 15) is 30.0 Å². The van der Waals surface area contributed by atoms with Crippen LogP contribution >= 0.6 is 0 Å². The van der Waals surface area contributed by atoms with Crippen molar-refractivity contribution in [3.63, 3.8) is 0 Å². The van der Waals surface area contributed by atoms with Crippen LogP contribution in [0, 0.1) is 0 Å². The predicted molar refractivity (Wildman–Crippen MR) is 256 cm³/mol. The van der Waals surface area contributed by atoms with Gasteiger partial charge in [0.2, 0.25) is 0 Å². The fourth-order valence-corrected chi connectivity index (χ4v) is 7.41. The minimum Gasteiger partial charge on any atom is -0.462 e. The Bertz CT molecular complexity index is 1210. The highest BCUT2D eigenvalue weighted by Crippen LogP contribution is 2.23. The van der Waals surface area contributed by atoms with Crippen LogP contribution in [0.4, 0.5) is 0 Å². The van der Waals surface area contributed by atoms with Gasteiger partial charge < -0.3 is 39.4 Å². The van der Waals surface area contributed by atoms with Crippen LogP contribution in [-0.4, -0.2) is 89.0 Å². The molecule has 10 nitrogen and oxygen atoms in total. The maximum atomic E-state index is 12.8. The van der Waals surface area contributed by atoms with Gasteiger partial charge in [-0.1, -0.05) is 203 Å². The predicted octanol–water partition coefficient (Wildman–Crippen LogP) is 11.8. The minimum absolute atomic E-state index is 0.106. The number of unbranched alkanes of at least 4 members (excludes halogenated alkanes) is 21. The molecule has 364 valence electrons. The highest BCUT2D eigenvalue weighted by Gasteiger charge is 2.44. The number of rotatable bonds is 42. The molecule has 2 unspecified atom stereocenters. The summed E-state index contributed by atoms with van der Waals surface area (Å²) in [5.74, 6) is -0.898. The SMILES string of the molecule is CCCCC/C=C/C/C=C/C/C=C/C/C=C/C/C=C/CCC(=O)O[C@@H](COC(=O)CCCCCCCCCCCCCCCCCCCCC)CO[C@H]1O[C@@H](CO)[C@@H](O)C(O)C1O. The van der Waals surface area contributed by atoms with E-state index in [-0.39, 0.29) is 26.1 Å². The van der Waals surface area contributed by atoms with Crippen molar-refractivity contribution in [3.8, 4) is 0 Å². The number of hydrogen-bond donors (Lipinski definition) is 4. The molecule has 1 rings (SSSR count). The fraction of sp³-hybridized carbons (Fsp3) is 0.774. The van der Waals surface area contributed by atoms with Crippen molar-refractivity contribution in [3.05, 3.63) is 60.8 Å². The quantitative estimate of drug-likeness (QED) is 0.0265. The summed E-state index contributed by atoms with van der Waals surface area (Å²) in [6.07, 6.45) is 46.7. The van der Waals surface area contributed by atoms with Crippen LogP contribution in [0.25, 0.3) is 0 Å². The molecular formula is C53H92O10. The average molecular weight is 889 g/mol. The van der Waals surface area contributed by atoms with Gasteiger partial charge in [-0.3, -0.25) is 9.59 Å². The fourth-order valence-electron chi connectivity index (χ4n) is 7.41. The van der Waals surface area contributed by atoms with E-state index < -0.39 is 55.4 Å². The van der Waals surface area contributed by atoms with Crippen LogP contribution in [0.5, 0.6) is 0 Å². The third-order valence-electron chi connectivity index (χ3n) is 11.4.